The van der Waals surface area contributed by atoms with Crippen molar-refractivity contribution in [2.24, 2.45) is 0 Å². The lowest BCUT2D eigenvalue weighted by atomic mass is 10.0. The standard InChI is InChI=1S/C36H46N4O6.C31H34N4O4/c1-6-32(41)39-31(22-26-17-19-29(20-18-26)45-7-2)34(43)40-30(21-25-11-9-8-10-12-25)33(42)37-23-27-13-15-28(16-14-27)24-38-35(44)46-36(3,4)5;1-3-29(36)34-28(19-23-14-16-26(17-15-23)39-4-2)31(38)35-27(18-22-8-6-5-7-9-22)30(37)33-21-25-12-10-24(20-32)11-13-25/h8-20,30-31H,6-7,21-24H2,1-5H3,(H,37,42)(H,38,44)(H,39,41)(H,40,43);5-17,27-28H,3-4,18-19,21H2,1-2H3,(H,33,37)(H,34,36)(H,35,38). The molecule has 0 saturated heterocycles. The highest BCUT2D eigenvalue weighted by atomic mass is 16.6. The summed E-state index contributed by atoms with van der Waals surface area (Å²) in [5.41, 5.74) is 5.97. The van der Waals surface area contributed by atoms with Crippen LogP contribution in [0.5, 0.6) is 11.5 Å². The summed E-state index contributed by atoms with van der Waals surface area (Å²) >= 11 is 0. The number of carbonyl (C=O) groups is 7. The van der Waals surface area contributed by atoms with Crippen LogP contribution >= 0.6 is 0 Å². The number of rotatable bonds is 28. The zero-order chi connectivity index (χ0) is 61.6. The number of carbonyl (C=O) groups excluding carboxylic acids is 7. The number of benzene rings is 6. The monoisotopic (exact) mass is 1160 g/mol. The zero-order valence-corrected chi connectivity index (χ0v) is 49.6. The number of nitrogens with zero attached hydrogens (tertiary/aromatic N) is 1. The van der Waals surface area contributed by atoms with Crippen LogP contribution in [0.25, 0.3) is 0 Å². The van der Waals surface area contributed by atoms with Crippen molar-refractivity contribution < 1.29 is 47.8 Å². The maximum Gasteiger partial charge on any atom is 0.407 e. The third kappa shape index (κ3) is 24.5. The summed E-state index contributed by atoms with van der Waals surface area (Å²) in [6, 6.07) is 46.5. The maximum atomic E-state index is 13.6. The van der Waals surface area contributed by atoms with E-state index in [1.807, 2.05) is 147 Å². The predicted molar refractivity (Wildman–Crippen MR) is 326 cm³/mol. The quantitative estimate of drug-likeness (QED) is 0.0248. The van der Waals surface area contributed by atoms with Gasteiger partial charge in [-0.1, -0.05) is 135 Å². The van der Waals surface area contributed by atoms with Crippen molar-refractivity contribution in [1.82, 2.24) is 37.2 Å². The molecule has 0 aliphatic heterocycles. The van der Waals surface area contributed by atoms with Crippen LogP contribution in [0, 0.1) is 11.3 Å². The topological polar surface area (TPSA) is 255 Å². The Balaban J connectivity index is 0.000000315. The van der Waals surface area contributed by atoms with E-state index in [4.69, 9.17) is 19.5 Å². The summed E-state index contributed by atoms with van der Waals surface area (Å²) < 4.78 is 16.3. The zero-order valence-electron chi connectivity index (χ0n) is 49.6. The fraction of sp³-hybridized carbons (Fsp3) is 0.343. The molecule has 4 atom stereocenters. The number of hydrogen-bond acceptors (Lipinski definition) is 11. The lowest BCUT2D eigenvalue weighted by molar-refractivity contribution is -0.132. The van der Waals surface area contributed by atoms with Gasteiger partial charge in [0.05, 0.1) is 24.8 Å². The molecule has 0 aromatic heterocycles. The molecule has 7 N–H and O–H groups in total. The minimum atomic E-state index is -0.881. The second-order valence-electron chi connectivity index (χ2n) is 20.9. The highest BCUT2D eigenvalue weighted by Crippen LogP contribution is 2.17. The van der Waals surface area contributed by atoms with Crippen LogP contribution in [-0.4, -0.2) is 84.5 Å². The van der Waals surface area contributed by atoms with Crippen LogP contribution in [0.4, 0.5) is 4.79 Å². The average Bonchev–Trinajstić information content (AvgIpc) is 3.52. The first kappa shape index (κ1) is 66.3. The number of nitriles is 1. The van der Waals surface area contributed by atoms with Crippen molar-refractivity contribution in [1.29, 1.82) is 5.26 Å². The van der Waals surface area contributed by atoms with Gasteiger partial charge in [-0.15, -0.1) is 0 Å². The molecule has 7 amide bonds. The maximum absolute atomic E-state index is 13.6. The van der Waals surface area contributed by atoms with Gasteiger partial charge in [0.25, 0.3) is 0 Å². The minimum Gasteiger partial charge on any atom is -0.494 e. The summed E-state index contributed by atoms with van der Waals surface area (Å²) in [5, 5.41) is 28.9. The summed E-state index contributed by atoms with van der Waals surface area (Å²) in [6.45, 7) is 14.5. The molecule has 85 heavy (non-hydrogen) atoms. The first-order valence-corrected chi connectivity index (χ1v) is 28.7. The summed E-state index contributed by atoms with van der Waals surface area (Å²) in [4.78, 5) is 90.4. The SMILES string of the molecule is CCOc1ccc(CC(NC(=O)CC)C(=O)NC(Cc2ccccc2)C(=O)NCc2ccc(C#N)cc2)cc1.CCOc1ccc(CC(NC(=O)CC)C(=O)NC(Cc2ccccc2)C(=O)NCc2ccc(CNC(=O)OC(C)(C)C)cc2)cc1. The van der Waals surface area contributed by atoms with E-state index in [1.165, 1.54) is 0 Å². The molecule has 6 rings (SSSR count). The van der Waals surface area contributed by atoms with Gasteiger partial charge in [-0.2, -0.15) is 5.26 Å². The Morgan fingerprint density at radius 2 is 0.729 bits per heavy atom. The molecule has 6 aromatic rings. The van der Waals surface area contributed by atoms with Gasteiger partial charge in [0.1, 0.15) is 41.3 Å². The fourth-order valence-electron chi connectivity index (χ4n) is 8.51. The number of hydrogen-bond donors (Lipinski definition) is 7. The molecule has 4 unspecified atom stereocenters. The van der Waals surface area contributed by atoms with Crippen molar-refractivity contribution >= 4 is 41.5 Å². The van der Waals surface area contributed by atoms with Crippen LogP contribution in [0.2, 0.25) is 0 Å². The predicted octanol–water partition coefficient (Wildman–Crippen LogP) is 8.03. The van der Waals surface area contributed by atoms with Crippen molar-refractivity contribution in [3.63, 3.8) is 0 Å². The molecule has 18 nitrogen and oxygen atoms in total. The summed E-state index contributed by atoms with van der Waals surface area (Å²) in [6.07, 6.45) is 1.01. The first-order chi connectivity index (χ1) is 40.9. The molecular weight excluding hydrogens is 1080 g/mol. The number of nitrogens with one attached hydrogen (secondary N) is 7. The summed E-state index contributed by atoms with van der Waals surface area (Å²) in [5.74, 6) is -0.675. The van der Waals surface area contributed by atoms with Crippen molar-refractivity contribution in [3.05, 3.63) is 202 Å². The Labute approximate surface area is 499 Å². The van der Waals surface area contributed by atoms with E-state index < -0.39 is 47.7 Å². The third-order valence-electron chi connectivity index (χ3n) is 13.0. The molecule has 0 aliphatic carbocycles. The Morgan fingerprint density at radius 1 is 0.412 bits per heavy atom. The molecule has 0 saturated carbocycles. The van der Waals surface area contributed by atoms with Crippen LogP contribution in [-0.2, 0) is 78.8 Å². The normalized spacial score (nSPS) is 12.1. The van der Waals surface area contributed by atoms with Crippen LogP contribution in [0.15, 0.2) is 158 Å². The van der Waals surface area contributed by atoms with Gasteiger partial charge >= 0.3 is 6.09 Å². The molecule has 18 heteroatoms. The van der Waals surface area contributed by atoms with E-state index >= 15 is 0 Å². The lowest BCUT2D eigenvalue weighted by Gasteiger charge is -2.23. The van der Waals surface area contributed by atoms with Crippen molar-refractivity contribution in [3.8, 4) is 17.6 Å². The van der Waals surface area contributed by atoms with Gasteiger partial charge in [0.2, 0.25) is 35.4 Å². The Bertz CT molecular complexity index is 3110. The number of amides is 7. The van der Waals surface area contributed by atoms with E-state index in [2.05, 4.69) is 43.3 Å². The average molecular weight is 1160 g/mol. The first-order valence-electron chi connectivity index (χ1n) is 28.7. The molecule has 6 aromatic carbocycles. The van der Waals surface area contributed by atoms with E-state index in [0.29, 0.717) is 25.3 Å². The fourth-order valence-corrected chi connectivity index (χ4v) is 8.51. The molecule has 0 spiro atoms. The van der Waals surface area contributed by atoms with E-state index in [0.717, 1.165) is 50.4 Å². The molecule has 0 radical (unpaired) electrons. The lowest BCUT2D eigenvalue weighted by Crippen LogP contribution is -2.55. The van der Waals surface area contributed by atoms with E-state index in [-0.39, 0.29) is 75.2 Å². The van der Waals surface area contributed by atoms with Crippen LogP contribution < -0.4 is 46.7 Å². The largest absolute Gasteiger partial charge is 0.494 e. The molecule has 448 valence electrons. The molecular formula is C67H80N8O10. The smallest absolute Gasteiger partial charge is 0.407 e. The third-order valence-corrected chi connectivity index (χ3v) is 13.0. The van der Waals surface area contributed by atoms with E-state index in [9.17, 15) is 33.6 Å². The van der Waals surface area contributed by atoms with Gasteiger partial charge in [-0.3, -0.25) is 28.8 Å². The number of ether oxygens (including phenoxy) is 3. The van der Waals surface area contributed by atoms with Crippen LogP contribution in [0.3, 0.4) is 0 Å². The molecule has 0 aliphatic rings. The number of alkyl carbamates (subject to hydrolysis) is 1. The molecule has 0 bridgehead atoms. The highest BCUT2D eigenvalue weighted by molar-refractivity contribution is 5.93. The summed E-state index contributed by atoms with van der Waals surface area (Å²) in [7, 11) is 0. The minimum absolute atomic E-state index is 0.219. The van der Waals surface area contributed by atoms with E-state index in [1.54, 1.807) is 58.9 Å². The van der Waals surface area contributed by atoms with Crippen molar-refractivity contribution in [2.75, 3.05) is 13.2 Å². The molecule has 0 fully saturated rings. The van der Waals surface area contributed by atoms with Gasteiger partial charge in [-0.05, 0) is 110 Å². The second kappa shape index (κ2) is 34.8. The Kier molecular flexibility index (Phi) is 27.2. The van der Waals surface area contributed by atoms with Gasteiger partial charge < -0.3 is 51.4 Å². The van der Waals surface area contributed by atoms with Crippen LogP contribution in [0.1, 0.15) is 106 Å². The highest BCUT2D eigenvalue weighted by Gasteiger charge is 2.29. The Morgan fingerprint density at radius 3 is 1.06 bits per heavy atom. The van der Waals surface area contributed by atoms with Crippen molar-refractivity contribution in [2.45, 2.75) is 136 Å². The Hall–Kier alpha value is -9.50. The second-order valence-corrected chi connectivity index (χ2v) is 20.9. The van der Waals surface area contributed by atoms with Gasteiger partial charge in [-0.25, -0.2) is 4.79 Å². The van der Waals surface area contributed by atoms with Gasteiger partial charge in [0, 0.05) is 58.2 Å². The molecule has 0 heterocycles. The van der Waals surface area contributed by atoms with Gasteiger partial charge in [0.15, 0.2) is 0 Å².